The van der Waals surface area contributed by atoms with E-state index in [0.29, 0.717) is 12.3 Å². The minimum absolute atomic E-state index is 0.156. The topological polar surface area (TPSA) is 41.1 Å². The largest absolute Gasteiger partial charge is 0.372 e. The summed E-state index contributed by atoms with van der Waals surface area (Å²) in [7, 11) is 0. The summed E-state index contributed by atoms with van der Waals surface area (Å²) >= 11 is 0. The van der Waals surface area contributed by atoms with E-state index in [9.17, 15) is 4.79 Å². The Bertz CT molecular complexity index is 1130. The van der Waals surface area contributed by atoms with Crippen molar-refractivity contribution in [2.45, 2.75) is 44.6 Å². The Morgan fingerprint density at radius 2 is 1.45 bits per heavy atom. The molecule has 2 atom stereocenters. The van der Waals surface area contributed by atoms with E-state index in [1.807, 2.05) is 18.2 Å². The van der Waals surface area contributed by atoms with Crippen molar-refractivity contribution in [2.24, 2.45) is 0 Å². The molecule has 3 nitrogen and oxygen atoms in total. The molecule has 0 radical (unpaired) electrons. The van der Waals surface area contributed by atoms with Crippen molar-refractivity contribution >= 4 is 17.2 Å². The summed E-state index contributed by atoms with van der Waals surface area (Å²) in [5.41, 5.74) is 7.64. The van der Waals surface area contributed by atoms with Crippen molar-refractivity contribution in [2.75, 3.05) is 10.6 Å². The monoisotopic (exact) mass is 408 g/mol. The van der Waals surface area contributed by atoms with E-state index >= 15 is 0 Å². The highest BCUT2D eigenvalue weighted by molar-refractivity contribution is 6.01. The summed E-state index contributed by atoms with van der Waals surface area (Å²) in [6, 6.07) is 27.2. The second-order valence-electron chi connectivity index (χ2n) is 8.90. The zero-order chi connectivity index (χ0) is 21.4. The molecule has 3 heteroatoms. The highest BCUT2D eigenvalue weighted by Gasteiger charge is 2.35. The van der Waals surface area contributed by atoms with Gasteiger partial charge in [-0.3, -0.25) is 4.79 Å². The van der Waals surface area contributed by atoms with E-state index in [1.165, 1.54) is 11.1 Å². The Labute approximate surface area is 184 Å². The minimum Gasteiger partial charge on any atom is -0.372 e. The number of carbonyl (C=O) groups is 1. The molecule has 31 heavy (non-hydrogen) atoms. The maximum absolute atomic E-state index is 13.5. The van der Waals surface area contributed by atoms with Crippen LogP contribution < -0.4 is 10.6 Å². The van der Waals surface area contributed by atoms with Crippen LogP contribution in [0.1, 0.15) is 61.3 Å². The normalized spacial score (nSPS) is 20.4. The molecular formula is C28H28N2O. The van der Waals surface area contributed by atoms with Gasteiger partial charge in [0.2, 0.25) is 0 Å². The maximum atomic E-state index is 13.5. The number of nitrogens with one attached hydrogen (secondary N) is 2. The summed E-state index contributed by atoms with van der Waals surface area (Å²) in [4.78, 5) is 13.5. The first kappa shape index (κ1) is 19.6. The molecule has 3 aromatic rings. The summed E-state index contributed by atoms with van der Waals surface area (Å²) in [5.74, 6) is 0.909. The molecule has 156 valence electrons. The van der Waals surface area contributed by atoms with E-state index in [1.54, 1.807) is 0 Å². The molecule has 3 aromatic carbocycles. The number of carbonyl (C=O) groups excluding carboxylic acids is 1. The molecule has 5 rings (SSSR count). The van der Waals surface area contributed by atoms with Crippen LogP contribution in [0.4, 0.5) is 11.4 Å². The maximum Gasteiger partial charge on any atom is 0.163 e. The van der Waals surface area contributed by atoms with E-state index < -0.39 is 0 Å². The number of anilines is 2. The Kier molecular flexibility index (Phi) is 5.11. The first-order valence-electron chi connectivity index (χ1n) is 11.1. The molecule has 1 heterocycles. The molecule has 0 saturated carbocycles. The van der Waals surface area contributed by atoms with Crippen LogP contribution in [-0.2, 0) is 4.79 Å². The first-order valence-corrected chi connectivity index (χ1v) is 11.1. The molecule has 0 aromatic heterocycles. The average molecular weight is 409 g/mol. The van der Waals surface area contributed by atoms with Crippen molar-refractivity contribution in [3.63, 3.8) is 0 Å². The number of fused-ring (bicyclic) bond motifs is 1. The number of allylic oxidation sites excluding steroid dienone is 1. The molecule has 0 bridgehead atoms. The van der Waals surface area contributed by atoms with Crippen LogP contribution in [0.5, 0.6) is 0 Å². The van der Waals surface area contributed by atoms with Crippen LogP contribution >= 0.6 is 0 Å². The van der Waals surface area contributed by atoms with Crippen LogP contribution in [0.2, 0.25) is 0 Å². The molecule has 1 aliphatic heterocycles. The Hall–Kier alpha value is -3.33. The highest BCUT2D eigenvalue weighted by Crippen LogP contribution is 2.44. The third-order valence-corrected chi connectivity index (χ3v) is 6.52. The Morgan fingerprint density at radius 3 is 2.16 bits per heavy atom. The van der Waals surface area contributed by atoms with Crippen molar-refractivity contribution < 1.29 is 4.79 Å². The summed E-state index contributed by atoms with van der Waals surface area (Å²) < 4.78 is 0. The lowest BCUT2D eigenvalue weighted by molar-refractivity contribution is -0.116. The number of ketones is 1. The van der Waals surface area contributed by atoms with Gasteiger partial charge in [0.25, 0.3) is 0 Å². The Balaban J connectivity index is 1.59. The van der Waals surface area contributed by atoms with Gasteiger partial charge in [-0.25, -0.2) is 0 Å². The lowest BCUT2D eigenvalue weighted by atomic mass is 9.78. The van der Waals surface area contributed by atoms with Gasteiger partial charge in [0.1, 0.15) is 0 Å². The number of rotatable bonds is 3. The first-order chi connectivity index (χ1) is 15.1. The van der Waals surface area contributed by atoms with Crippen molar-refractivity contribution in [1.82, 2.24) is 0 Å². The van der Waals surface area contributed by atoms with Crippen LogP contribution in [0, 0.1) is 0 Å². The number of hydrogen-bond acceptors (Lipinski definition) is 3. The number of hydrogen-bond donors (Lipinski definition) is 2. The number of benzene rings is 3. The summed E-state index contributed by atoms with van der Waals surface area (Å²) in [6.45, 7) is 4.40. The van der Waals surface area contributed by atoms with Crippen LogP contribution in [-0.4, -0.2) is 5.78 Å². The van der Waals surface area contributed by atoms with Gasteiger partial charge in [-0.15, -0.1) is 0 Å². The van der Waals surface area contributed by atoms with Gasteiger partial charge in [0, 0.05) is 17.7 Å². The predicted molar refractivity (Wildman–Crippen MR) is 127 cm³/mol. The molecule has 0 spiro atoms. The van der Waals surface area contributed by atoms with Crippen LogP contribution in [0.15, 0.2) is 90.1 Å². The number of para-hydroxylation sites is 2. The molecule has 2 aliphatic rings. The molecule has 2 N–H and O–H groups in total. The highest BCUT2D eigenvalue weighted by atomic mass is 16.1. The van der Waals surface area contributed by atoms with E-state index in [2.05, 4.69) is 85.1 Å². The smallest absolute Gasteiger partial charge is 0.163 e. The third-order valence-electron chi connectivity index (χ3n) is 6.52. The van der Waals surface area contributed by atoms with Gasteiger partial charge in [-0.1, -0.05) is 80.6 Å². The fourth-order valence-corrected chi connectivity index (χ4v) is 4.78. The van der Waals surface area contributed by atoms with Gasteiger partial charge in [0.05, 0.1) is 17.4 Å². The fraction of sp³-hybridized carbons (Fsp3) is 0.250. The van der Waals surface area contributed by atoms with Crippen molar-refractivity contribution in [3.05, 3.63) is 107 Å². The van der Waals surface area contributed by atoms with Crippen molar-refractivity contribution in [1.29, 1.82) is 0 Å². The quantitative estimate of drug-likeness (QED) is 0.501. The molecule has 0 fully saturated rings. The number of Topliss-reactive ketones (excluding diaryl/α,β-unsaturated/α-hetero) is 1. The second kappa shape index (κ2) is 8.07. The summed E-state index contributed by atoms with van der Waals surface area (Å²) in [5, 5.41) is 7.28. The standard InChI is InChI=1S/C28H28N2O/c1-18(2)19-12-14-21(15-13-19)28-27-25(29-23-10-6-7-11-24(23)30-28)16-22(17-26(27)31)20-8-4-3-5-9-20/h3-15,18,22,28-30H,16-17H2,1-2H3/t22-,28+/m0/s1. The molecule has 1 aliphatic carbocycles. The van der Waals surface area contributed by atoms with Gasteiger partial charge >= 0.3 is 0 Å². The predicted octanol–water partition coefficient (Wildman–Crippen LogP) is 6.79. The SMILES string of the molecule is CC(C)c1ccc([C@H]2Nc3ccccc3NC3=C2C(=O)C[C@@H](c2ccccc2)C3)cc1. The minimum atomic E-state index is -0.156. The fourth-order valence-electron chi connectivity index (χ4n) is 4.78. The van der Waals surface area contributed by atoms with E-state index in [-0.39, 0.29) is 17.7 Å². The van der Waals surface area contributed by atoms with Crippen LogP contribution in [0.3, 0.4) is 0 Å². The van der Waals surface area contributed by atoms with Crippen molar-refractivity contribution in [3.8, 4) is 0 Å². The zero-order valence-electron chi connectivity index (χ0n) is 18.1. The van der Waals surface area contributed by atoms with E-state index in [4.69, 9.17) is 0 Å². The third kappa shape index (κ3) is 3.76. The molecule has 0 unspecified atom stereocenters. The lowest BCUT2D eigenvalue weighted by Gasteiger charge is -2.30. The van der Waals surface area contributed by atoms with Gasteiger partial charge < -0.3 is 10.6 Å². The van der Waals surface area contributed by atoms with Gasteiger partial charge in [-0.2, -0.15) is 0 Å². The van der Waals surface area contributed by atoms with E-state index in [0.717, 1.165) is 34.6 Å². The molecule has 0 amide bonds. The second-order valence-corrected chi connectivity index (χ2v) is 8.90. The molecule has 0 saturated heterocycles. The Morgan fingerprint density at radius 1 is 0.774 bits per heavy atom. The average Bonchev–Trinajstić information content (AvgIpc) is 2.96. The zero-order valence-corrected chi connectivity index (χ0v) is 18.1. The lowest BCUT2D eigenvalue weighted by Crippen LogP contribution is -2.26. The van der Waals surface area contributed by atoms with Gasteiger partial charge in [-0.05, 0) is 47.1 Å². The molecular weight excluding hydrogens is 380 g/mol. The summed E-state index contributed by atoms with van der Waals surface area (Å²) in [6.07, 6.45) is 1.38. The van der Waals surface area contributed by atoms with Crippen LogP contribution in [0.25, 0.3) is 0 Å². The van der Waals surface area contributed by atoms with Gasteiger partial charge in [0.15, 0.2) is 5.78 Å².